The van der Waals surface area contributed by atoms with Crippen LogP contribution in [0.5, 0.6) is 0 Å². The average molecular weight is 297 g/mol. The van der Waals surface area contributed by atoms with Gasteiger partial charge in [0, 0.05) is 24.0 Å². The highest BCUT2D eigenvalue weighted by molar-refractivity contribution is 5.86. The van der Waals surface area contributed by atoms with Crippen LogP contribution in [0.3, 0.4) is 0 Å². The zero-order valence-electron chi connectivity index (χ0n) is 13.5. The number of imidazole rings is 1. The minimum atomic E-state index is -0.220. The molecule has 2 aliphatic rings. The summed E-state index contributed by atoms with van der Waals surface area (Å²) in [4.78, 5) is 17.5. The molecule has 1 aliphatic carbocycles. The van der Waals surface area contributed by atoms with E-state index in [1.165, 1.54) is 0 Å². The van der Waals surface area contributed by atoms with E-state index in [0.717, 1.165) is 30.1 Å². The number of nitrogens with one attached hydrogen (secondary N) is 1. The molecule has 4 nitrogen and oxygen atoms in total. The molecule has 3 heterocycles. The van der Waals surface area contributed by atoms with Gasteiger partial charge in [0.05, 0.1) is 11.2 Å². The molecule has 4 heteroatoms. The third kappa shape index (κ3) is 2.01. The summed E-state index contributed by atoms with van der Waals surface area (Å²) in [6.07, 6.45) is 2.63. The monoisotopic (exact) mass is 297 g/mol. The number of ketones is 1. The molecule has 1 saturated carbocycles. The maximum atomic E-state index is 12.7. The van der Waals surface area contributed by atoms with E-state index in [-0.39, 0.29) is 5.41 Å². The van der Waals surface area contributed by atoms with E-state index in [1.807, 2.05) is 25.3 Å². The van der Waals surface area contributed by atoms with Crippen LogP contribution >= 0.6 is 0 Å². The summed E-state index contributed by atoms with van der Waals surface area (Å²) in [7, 11) is 0. The number of hydrogen-bond donors (Lipinski definition) is 1. The van der Waals surface area contributed by atoms with Crippen LogP contribution in [0.25, 0.3) is 5.52 Å². The fourth-order valence-corrected chi connectivity index (χ4v) is 4.22. The highest BCUT2D eigenvalue weighted by Crippen LogP contribution is 2.50. The Kier molecular flexibility index (Phi) is 2.95. The zero-order valence-corrected chi connectivity index (χ0v) is 13.5. The standard InChI is InChI=1S/C18H23N3O/c1-11-20-17(14-6-4-5-7-21(11)14)18(2,3)8-15(22)16-12-9-19-10-13(12)16/h4-7,12-13,16,19H,8-10H2,1-3H3/t12-,13+,16?. The van der Waals surface area contributed by atoms with Crippen molar-refractivity contribution in [3.8, 4) is 0 Å². The molecule has 116 valence electrons. The van der Waals surface area contributed by atoms with Gasteiger partial charge in [-0.05, 0) is 44.0 Å². The number of carbonyl (C=O) groups excluding carboxylic acids is 1. The number of nitrogens with zero attached hydrogens (tertiary/aromatic N) is 2. The molecule has 1 saturated heterocycles. The van der Waals surface area contributed by atoms with Gasteiger partial charge >= 0.3 is 0 Å². The van der Waals surface area contributed by atoms with E-state index in [4.69, 9.17) is 4.98 Å². The first-order valence-electron chi connectivity index (χ1n) is 8.16. The first-order valence-corrected chi connectivity index (χ1v) is 8.16. The number of piperidine rings is 1. The molecule has 3 atom stereocenters. The SMILES string of the molecule is Cc1nc(C(C)(C)CC(=O)C2[C@H]3CNC[C@@H]23)c2ccccn12. The third-order valence-corrected chi connectivity index (χ3v) is 5.45. The predicted octanol–water partition coefficient (Wildman–Crippen LogP) is 2.34. The molecular formula is C18H23N3O. The second kappa shape index (κ2) is 4.66. The summed E-state index contributed by atoms with van der Waals surface area (Å²) in [6.45, 7) is 8.36. The van der Waals surface area contributed by atoms with Crippen LogP contribution < -0.4 is 5.32 Å². The van der Waals surface area contributed by atoms with Crippen LogP contribution in [0.15, 0.2) is 24.4 Å². The van der Waals surface area contributed by atoms with Crippen LogP contribution in [0.2, 0.25) is 0 Å². The number of hydrogen-bond acceptors (Lipinski definition) is 3. The molecule has 22 heavy (non-hydrogen) atoms. The molecular weight excluding hydrogens is 274 g/mol. The number of pyridine rings is 1. The van der Waals surface area contributed by atoms with E-state index in [1.54, 1.807) is 0 Å². The summed E-state index contributed by atoms with van der Waals surface area (Å²) < 4.78 is 2.11. The maximum Gasteiger partial charge on any atom is 0.137 e. The van der Waals surface area contributed by atoms with E-state index in [9.17, 15) is 4.79 Å². The third-order valence-electron chi connectivity index (χ3n) is 5.45. The van der Waals surface area contributed by atoms with E-state index < -0.39 is 0 Å². The summed E-state index contributed by atoms with van der Waals surface area (Å²) in [5.41, 5.74) is 1.95. The smallest absolute Gasteiger partial charge is 0.137 e. The topological polar surface area (TPSA) is 46.4 Å². The van der Waals surface area contributed by atoms with Crippen LogP contribution in [-0.4, -0.2) is 28.3 Å². The van der Waals surface area contributed by atoms with Crippen molar-refractivity contribution in [2.45, 2.75) is 32.6 Å². The minimum Gasteiger partial charge on any atom is -0.316 e. The first kappa shape index (κ1) is 13.9. The Morgan fingerprint density at radius 1 is 1.36 bits per heavy atom. The van der Waals surface area contributed by atoms with Gasteiger partial charge in [-0.2, -0.15) is 0 Å². The van der Waals surface area contributed by atoms with Gasteiger partial charge in [-0.1, -0.05) is 19.9 Å². The number of Topliss-reactive ketones (excluding diaryl/α,β-unsaturated/α-hetero) is 1. The molecule has 1 unspecified atom stereocenters. The second-order valence-corrected chi connectivity index (χ2v) is 7.50. The number of rotatable bonds is 4. The van der Waals surface area contributed by atoms with Crippen molar-refractivity contribution in [3.63, 3.8) is 0 Å². The lowest BCUT2D eigenvalue weighted by atomic mass is 9.82. The van der Waals surface area contributed by atoms with Gasteiger partial charge in [-0.3, -0.25) is 4.79 Å². The van der Waals surface area contributed by atoms with Crippen LogP contribution in [-0.2, 0) is 10.2 Å². The van der Waals surface area contributed by atoms with Crippen molar-refractivity contribution >= 4 is 11.3 Å². The lowest BCUT2D eigenvalue weighted by molar-refractivity contribution is -0.122. The van der Waals surface area contributed by atoms with Gasteiger partial charge in [-0.15, -0.1) is 0 Å². The van der Waals surface area contributed by atoms with Gasteiger partial charge in [0.15, 0.2) is 0 Å². The maximum absolute atomic E-state index is 12.7. The van der Waals surface area contributed by atoms with Gasteiger partial charge in [0.1, 0.15) is 11.6 Å². The van der Waals surface area contributed by atoms with Gasteiger partial charge in [0.2, 0.25) is 0 Å². The Hall–Kier alpha value is -1.68. The van der Waals surface area contributed by atoms with Crippen molar-refractivity contribution in [2.75, 3.05) is 13.1 Å². The molecule has 1 aliphatic heterocycles. The molecule has 0 bridgehead atoms. The fraction of sp³-hybridized carbons (Fsp3) is 0.556. The molecule has 0 spiro atoms. The Labute approximate surface area is 130 Å². The summed E-state index contributed by atoms with van der Waals surface area (Å²) in [5, 5.41) is 3.36. The molecule has 1 N–H and O–H groups in total. The first-order chi connectivity index (χ1) is 10.5. The molecule has 2 aromatic heterocycles. The number of aromatic nitrogens is 2. The molecule has 2 fully saturated rings. The van der Waals surface area contributed by atoms with Crippen molar-refractivity contribution in [1.29, 1.82) is 0 Å². The molecule has 0 aromatic carbocycles. The van der Waals surface area contributed by atoms with E-state index in [0.29, 0.717) is 30.0 Å². The zero-order chi connectivity index (χ0) is 15.5. The number of fused-ring (bicyclic) bond motifs is 2. The lowest BCUT2D eigenvalue weighted by Crippen LogP contribution is -2.26. The van der Waals surface area contributed by atoms with Gasteiger partial charge < -0.3 is 9.72 Å². The molecule has 0 radical (unpaired) electrons. The highest BCUT2D eigenvalue weighted by atomic mass is 16.1. The Balaban J connectivity index is 1.61. The fourth-order valence-electron chi connectivity index (χ4n) is 4.22. The van der Waals surface area contributed by atoms with E-state index in [2.05, 4.69) is 29.6 Å². The highest BCUT2D eigenvalue weighted by Gasteiger charge is 2.56. The normalized spacial score (nSPS) is 27.1. The quantitative estimate of drug-likeness (QED) is 0.942. The van der Waals surface area contributed by atoms with Gasteiger partial charge in [0.25, 0.3) is 0 Å². The number of carbonyl (C=O) groups is 1. The van der Waals surface area contributed by atoms with Crippen molar-refractivity contribution in [2.24, 2.45) is 17.8 Å². The second-order valence-electron chi connectivity index (χ2n) is 7.50. The van der Waals surface area contributed by atoms with Crippen LogP contribution in [0, 0.1) is 24.7 Å². The predicted molar refractivity (Wildman–Crippen MR) is 85.9 cm³/mol. The molecule has 0 amide bonds. The van der Waals surface area contributed by atoms with Crippen LogP contribution in [0.4, 0.5) is 0 Å². The van der Waals surface area contributed by atoms with Crippen molar-refractivity contribution in [1.82, 2.24) is 14.7 Å². The summed E-state index contributed by atoms with van der Waals surface area (Å²) >= 11 is 0. The largest absolute Gasteiger partial charge is 0.316 e. The number of aryl methyl sites for hydroxylation is 1. The Bertz CT molecular complexity index is 736. The summed E-state index contributed by atoms with van der Waals surface area (Å²) in [5.74, 6) is 2.91. The summed E-state index contributed by atoms with van der Waals surface area (Å²) in [6, 6.07) is 6.15. The van der Waals surface area contributed by atoms with Crippen LogP contribution in [0.1, 0.15) is 31.8 Å². The van der Waals surface area contributed by atoms with Gasteiger partial charge in [-0.25, -0.2) is 4.98 Å². The van der Waals surface area contributed by atoms with Crippen molar-refractivity contribution < 1.29 is 4.79 Å². The molecule has 4 rings (SSSR count). The average Bonchev–Trinajstić information content (AvgIpc) is 2.82. The van der Waals surface area contributed by atoms with E-state index >= 15 is 0 Å². The van der Waals surface area contributed by atoms with Crippen molar-refractivity contribution in [3.05, 3.63) is 35.9 Å². The lowest BCUT2D eigenvalue weighted by Gasteiger charge is -2.22. The minimum absolute atomic E-state index is 0.220. The Morgan fingerprint density at radius 3 is 2.82 bits per heavy atom. The molecule has 2 aromatic rings. The Morgan fingerprint density at radius 2 is 2.09 bits per heavy atom.